The van der Waals surface area contributed by atoms with Crippen molar-refractivity contribution in [2.45, 2.75) is 13.5 Å². The highest BCUT2D eigenvalue weighted by Gasteiger charge is 2.17. The van der Waals surface area contributed by atoms with E-state index in [4.69, 9.17) is 0 Å². The number of hydrogen-bond donors (Lipinski definition) is 0. The average molecular weight is 355 g/mol. The molecule has 2 heterocycles. The van der Waals surface area contributed by atoms with Gasteiger partial charge in [0.05, 0.1) is 0 Å². The van der Waals surface area contributed by atoms with E-state index in [-0.39, 0.29) is 5.91 Å². The molecule has 0 atom stereocenters. The number of fused-ring (bicyclic) bond motifs is 1. The van der Waals surface area contributed by atoms with Crippen molar-refractivity contribution in [2.24, 2.45) is 0 Å². The fourth-order valence-electron chi connectivity index (χ4n) is 3.35. The second kappa shape index (κ2) is 7.08. The van der Waals surface area contributed by atoms with Crippen LogP contribution in [0.4, 0.5) is 5.69 Å². The third-order valence-electron chi connectivity index (χ3n) is 4.73. The molecule has 2 aromatic carbocycles. The summed E-state index contributed by atoms with van der Waals surface area (Å²) in [5.41, 5.74) is 4.63. The molecule has 0 radical (unpaired) electrons. The van der Waals surface area contributed by atoms with Crippen LogP contribution in [0, 0.1) is 6.92 Å². The van der Waals surface area contributed by atoms with Gasteiger partial charge in [-0.2, -0.15) is 0 Å². The van der Waals surface area contributed by atoms with E-state index >= 15 is 0 Å². The van der Waals surface area contributed by atoms with Gasteiger partial charge in [-0.3, -0.25) is 9.36 Å². The van der Waals surface area contributed by atoms with Crippen LogP contribution in [-0.4, -0.2) is 22.5 Å². The van der Waals surface area contributed by atoms with Crippen LogP contribution in [-0.2, 0) is 6.54 Å². The van der Waals surface area contributed by atoms with Crippen molar-refractivity contribution in [3.05, 3.63) is 95.8 Å². The number of hydrogen-bond acceptors (Lipinski definition) is 3. The summed E-state index contributed by atoms with van der Waals surface area (Å²) in [5.74, 6) is -0.0592. The lowest BCUT2D eigenvalue weighted by Crippen LogP contribution is -2.16. The summed E-state index contributed by atoms with van der Waals surface area (Å²) in [4.78, 5) is 19.7. The van der Waals surface area contributed by atoms with Gasteiger partial charge in [0.15, 0.2) is 0 Å². The normalized spacial score (nSPS) is 10.9. The van der Waals surface area contributed by atoms with Crippen molar-refractivity contribution >= 4 is 22.6 Å². The molecule has 0 saturated heterocycles. The first-order valence-corrected chi connectivity index (χ1v) is 8.96. The predicted molar refractivity (Wildman–Crippen MR) is 109 cm³/mol. The third-order valence-corrected chi connectivity index (χ3v) is 4.73. The SMILES string of the molecule is Cc1cccc(C(=O)n2cc(CN(C)c3ccccc3)c3cccnc32)c1. The number of pyridine rings is 1. The van der Waals surface area contributed by atoms with Gasteiger partial charge in [-0.1, -0.05) is 35.9 Å². The van der Waals surface area contributed by atoms with Crippen LogP contribution in [0.5, 0.6) is 0 Å². The second-order valence-electron chi connectivity index (χ2n) is 6.77. The minimum Gasteiger partial charge on any atom is -0.370 e. The molecule has 134 valence electrons. The molecule has 0 fully saturated rings. The van der Waals surface area contributed by atoms with Crippen molar-refractivity contribution < 1.29 is 4.79 Å². The highest BCUT2D eigenvalue weighted by molar-refractivity contribution is 6.02. The number of aromatic nitrogens is 2. The second-order valence-corrected chi connectivity index (χ2v) is 6.77. The lowest BCUT2D eigenvalue weighted by molar-refractivity contribution is 0.0964. The molecule has 27 heavy (non-hydrogen) atoms. The van der Waals surface area contributed by atoms with Gasteiger partial charge in [-0.05, 0) is 48.9 Å². The van der Waals surface area contributed by atoms with Gasteiger partial charge < -0.3 is 4.90 Å². The van der Waals surface area contributed by atoms with Crippen LogP contribution in [0.2, 0.25) is 0 Å². The summed E-state index contributed by atoms with van der Waals surface area (Å²) < 4.78 is 1.66. The Morgan fingerprint density at radius 3 is 2.63 bits per heavy atom. The maximum atomic E-state index is 13.1. The maximum Gasteiger partial charge on any atom is 0.263 e. The van der Waals surface area contributed by atoms with E-state index in [1.54, 1.807) is 10.8 Å². The first kappa shape index (κ1) is 17.0. The smallest absolute Gasteiger partial charge is 0.263 e. The zero-order chi connectivity index (χ0) is 18.8. The largest absolute Gasteiger partial charge is 0.370 e. The summed E-state index contributed by atoms with van der Waals surface area (Å²) in [7, 11) is 2.05. The number of aryl methyl sites for hydroxylation is 1. The molecule has 4 nitrogen and oxygen atoms in total. The summed E-state index contributed by atoms with van der Waals surface area (Å²) in [6, 6.07) is 21.8. The number of benzene rings is 2. The lowest BCUT2D eigenvalue weighted by atomic mass is 10.1. The Morgan fingerprint density at radius 2 is 1.85 bits per heavy atom. The molecule has 0 aliphatic carbocycles. The van der Waals surface area contributed by atoms with Crippen LogP contribution in [0.25, 0.3) is 11.0 Å². The summed E-state index contributed by atoms with van der Waals surface area (Å²) >= 11 is 0. The molecule has 0 aliphatic rings. The average Bonchev–Trinajstić information content (AvgIpc) is 3.06. The first-order valence-electron chi connectivity index (χ1n) is 8.96. The molecule has 4 rings (SSSR count). The fourth-order valence-corrected chi connectivity index (χ4v) is 3.35. The van der Waals surface area contributed by atoms with Gasteiger partial charge in [0, 0.05) is 42.6 Å². The van der Waals surface area contributed by atoms with Crippen molar-refractivity contribution in [2.75, 3.05) is 11.9 Å². The lowest BCUT2D eigenvalue weighted by Gasteiger charge is -2.18. The van der Waals surface area contributed by atoms with Crippen LogP contribution in [0.1, 0.15) is 21.5 Å². The molecule has 0 unspecified atom stereocenters. The predicted octanol–water partition coefficient (Wildman–Crippen LogP) is 4.67. The van der Waals surface area contributed by atoms with Crippen molar-refractivity contribution in [3.63, 3.8) is 0 Å². The van der Waals surface area contributed by atoms with Crippen molar-refractivity contribution in [1.29, 1.82) is 0 Å². The van der Waals surface area contributed by atoms with Crippen molar-refractivity contribution in [3.8, 4) is 0 Å². The van der Waals surface area contributed by atoms with E-state index in [1.165, 1.54) is 0 Å². The molecule has 4 aromatic rings. The zero-order valence-electron chi connectivity index (χ0n) is 15.5. The Morgan fingerprint density at radius 1 is 1.04 bits per heavy atom. The number of rotatable bonds is 4. The number of nitrogens with zero attached hydrogens (tertiary/aromatic N) is 3. The van der Waals surface area contributed by atoms with Crippen LogP contribution < -0.4 is 4.90 Å². The topological polar surface area (TPSA) is 38.1 Å². The molecule has 0 aliphatic heterocycles. The minimum absolute atomic E-state index is 0.0592. The summed E-state index contributed by atoms with van der Waals surface area (Å²) in [5, 5.41) is 1.00. The summed E-state index contributed by atoms with van der Waals surface area (Å²) in [6.45, 7) is 2.68. The first-order chi connectivity index (χ1) is 13.1. The zero-order valence-corrected chi connectivity index (χ0v) is 15.5. The van der Waals surface area contributed by atoms with Gasteiger partial charge in [-0.15, -0.1) is 0 Å². The number of carbonyl (C=O) groups is 1. The summed E-state index contributed by atoms with van der Waals surface area (Å²) in [6.07, 6.45) is 3.65. The minimum atomic E-state index is -0.0592. The Bertz CT molecular complexity index is 1100. The highest BCUT2D eigenvalue weighted by Crippen LogP contribution is 2.24. The Kier molecular flexibility index (Phi) is 4.47. The maximum absolute atomic E-state index is 13.1. The van der Waals surface area contributed by atoms with E-state index in [9.17, 15) is 4.79 Å². The molecular weight excluding hydrogens is 334 g/mol. The third kappa shape index (κ3) is 3.34. The van der Waals surface area contributed by atoms with Crippen LogP contribution in [0.3, 0.4) is 0 Å². The molecule has 0 spiro atoms. The Hall–Kier alpha value is -3.40. The van der Waals surface area contributed by atoms with Gasteiger partial charge in [0.25, 0.3) is 5.91 Å². The molecule has 0 saturated carbocycles. The quantitative estimate of drug-likeness (QED) is 0.534. The Labute approximate surface area is 158 Å². The van der Waals surface area contributed by atoms with Crippen molar-refractivity contribution in [1.82, 2.24) is 9.55 Å². The molecule has 2 aromatic heterocycles. The number of anilines is 1. The monoisotopic (exact) mass is 355 g/mol. The molecular formula is C23H21N3O. The molecule has 0 N–H and O–H groups in total. The standard InChI is InChI=1S/C23H21N3O/c1-17-8-6-9-18(14-17)23(27)26-16-19(21-12-7-13-24-22(21)26)15-25(2)20-10-4-3-5-11-20/h3-14,16H,15H2,1-2H3. The van der Waals surface area contributed by atoms with E-state index in [1.807, 2.05) is 67.7 Å². The number of para-hydroxylation sites is 1. The van der Waals surface area contributed by atoms with Gasteiger partial charge >= 0.3 is 0 Å². The number of carbonyl (C=O) groups excluding carboxylic acids is 1. The van der Waals surface area contributed by atoms with E-state index in [0.29, 0.717) is 17.8 Å². The Balaban J connectivity index is 1.74. The van der Waals surface area contributed by atoms with Gasteiger partial charge in [0.2, 0.25) is 0 Å². The highest BCUT2D eigenvalue weighted by atomic mass is 16.2. The van der Waals surface area contributed by atoms with E-state index < -0.39 is 0 Å². The van der Waals surface area contributed by atoms with Gasteiger partial charge in [-0.25, -0.2) is 4.98 Å². The van der Waals surface area contributed by atoms with E-state index in [0.717, 1.165) is 22.2 Å². The van der Waals surface area contributed by atoms with E-state index in [2.05, 4.69) is 29.1 Å². The fraction of sp³-hybridized carbons (Fsp3) is 0.130. The molecule has 0 bridgehead atoms. The molecule has 4 heteroatoms. The van der Waals surface area contributed by atoms with Crippen LogP contribution >= 0.6 is 0 Å². The van der Waals surface area contributed by atoms with Crippen LogP contribution in [0.15, 0.2) is 79.1 Å². The van der Waals surface area contributed by atoms with Gasteiger partial charge in [0.1, 0.15) is 5.65 Å². The molecule has 0 amide bonds.